The van der Waals surface area contributed by atoms with Crippen molar-refractivity contribution in [3.8, 4) is 5.75 Å². The molecule has 0 N–H and O–H groups in total. The molecule has 4 nitrogen and oxygen atoms in total. The zero-order valence-corrected chi connectivity index (χ0v) is 17.3. The van der Waals surface area contributed by atoms with Crippen LogP contribution in [0.1, 0.15) is 12.5 Å². The van der Waals surface area contributed by atoms with E-state index in [2.05, 4.69) is 22.5 Å². The standard InChI is InChI=1S/C20H23BrO4S/c1-4-20(24-14-16-5-9-18(23-3)10-6-16)15(2)13-25-26(22)19-11-7-17(21)8-12-19/h4-12,15,20H,1,13-14H2,2-3H3/t15-,20?,26?/m0/s1. The molecule has 0 aliphatic rings. The summed E-state index contributed by atoms with van der Waals surface area (Å²) in [5, 5.41) is 0. The topological polar surface area (TPSA) is 44.8 Å². The van der Waals surface area contributed by atoms with Crippen molar-refractivity contribution in [2.75, 3.05) is 13.7 Å². The van der Waals surface area contributed by atoms with E-state index >= 15 is 0 Å². The van der Waals surface area contributed by atoms with Gasteiger partial charge >= 0.3 is 0 Å². The van der Waals surface area contributed by atoms with Gasteiger partial charge in [-0.2, -0.15) is 0 Å². The van der Waals surface area contributed by atoms with E-state index < -0.39 is 11.1 Å². The van der Waals surface area contributed by atoms with E-state index in [1.54, 1.807) is 25.3 Å². The van der Waals surface area contributed by atoms with Crippen molar-refractivity contribution in [3.05, 3.63) is 71.2 Å². The molecule has 0 heterocycles. The molecular formula is C20H23BrO4S. The molecule has 0 radical (unpaired) electrons. The molecule has 26 heavy (non-hydrogen) atoms. The Morgan fingerprint density at radius 2 is 1.81 bits per heavy atom. The lowest BCUT2D eigenvalue weighted by atomic mass is 10.1. The summed E-state index contributed by atoms with van der Waals surface area (Å²) in [4.78, 5) is 0.634. The highest BCUT2D eigenvalue weighted by atomic mass is 79.9. The summed E-state index contributed by atoms with van der Waals surface area (Å²) in [6, 6.07) is 14.9. The number of halogens is 1. The van der Waals surface area contributed by atoms with E-state index in [0.29, 0.717) is 18.1 Å². The second-order valence-electron chi connectivity index (χ2n) is 5.81. The Bertz CT molecular complexity index is 716. The normalized spacial score (nSPS) is 14.4. The first-order valence-electron chi connectivity index (χ1n) is 8.21. The molecule has 0 aromatic heterocycles. The first kappa shape index (κ1) is 20.8. The van der Waals surface area contributed by atoms with Crippen LogP contribution >= 0.6 is 15.9 Å². The van der Waals surface area contributed by atoms with Crippen LogP contribution in [0.2, 0.25) is 0 Å². The molecule has 140 valence electrons. The fourth-order valence-electron chi connectivity index (χ4n) is 2.26. The lowest BCUT2D eigenvalue weighted by molar-refractivity contribution is 0.0251. The molecule has 0 saturated heterocycles. The molecule has 0 amide bonds. The van der Waals surface area contributed by atoms with Crippen molar-refractivity contribution in [2.45, 2.75) is 24.5 Å². The van der Waals surface area contributed by atoms with Crippen molar-refractivity contribution in [3.63, 3.8) is 0 Å². The van der Waals surface area contributed by atoms with E-state index in [0.717, 1.165) is 15.8 Å². The molecule has 2 aromatic carbocycles. The predicted molar refractivity (Wildman–Crippen MR) is 107 cm³/mol. The van der Waals surface area contributed by atoms with Gasteiger partial charge in [-0.05, 0) is 42.0 Å². The molecule has 0 fully saturated rings. The molecule has 2 aromatic rings. The van der Waals surface area contributed by atoms with Gasteiger partial charge in [-0.3, -0.25) is 4.18 Å². The Labute approximate surface area is 166 Å². The number of hydrogen-bond acceptors (Lipinski definition) is 4. The highest BCUT2D eigenvalue weighted by molar-refractivity contribution is 9.10. The van der Waals surface area contributed by atoms with Gasteiger partial charge in [-0.15, -0.1) is 6.58 Å². The summed E-state index contributed by atoms with van der Waals surface area (Å²) in [5.74, 6) is 0.830. The fraction of sp³-hybridized carbons (Fsp3) is 0.300. The van der Waals surface area contributed by atoms with Crippen LogP contribution in [0.4, 0.5) is 0 Å². The average Bonchev–Trinajstić information content (AvgIpc) is 2.67. The molecule has 0 spiro atoms. The van der Waals surface area contributed by atoms with Gasteiger partial charge in [0.1, 0.15) is 5.75 Å². The van der Waals surface area contributed by atoms with Gasteiger partial charge in [0.25, 0.3) is 0 Å². The minimum absolute atomic E-state index is 0.0187. The van der Waals surface area contributed by atoms with E-state index in [-0.39, 0.29) is 12.0 Å². The van der Waals surface area contributed by atoms with Gasteiger partial charge in [0, 0.05) is 10.4 Å². The lowest BCUT2D eigenvalue weighted by Gasteiger charge is -2.21. The molecular weight excluding hydrogens is 416 g/mol. The summed E-state index contributed by atoms with van der Waals surface area (Å²) in [6.07, 6.45) is 1.55. The van der Waals surface area contributed by atoms with Crippen molar-refractivity contribution in [2.24, 2.45) is 5.92 Å². The predicted octanol–water partition coefficient (Wildman–Crippen LogP) is 4.90. The third kappa shape index (κ3) is 6.36. The highest BCUT2D eigenvalue weighted by Crippen LogP contribution is 2.18. The largest absolute Gasteiger partial charge is 0.497 e. The van der Waals surface area contributed by atoms with E-state index in [4.69, 9.17) is 13.7 Å². The first-order chi connectivity index (χ1) is 12.5. The smallest absolute Gasteiger partial charge is 0.189 e. The maximum atomic E-state index is 12.2. The Morgan fingerprint density at radius 3 is 2.38 bits per heavy atom. The second-order valence-corrected chi connectivity index (χ2v) is 7.90. The molecule has 0 aliphatic heterocycles. The van der Waals surface area contributed by atoms with Gasteiger partial charge in [0.2, 0.25) is 0 Å². The molecule has 6 heteroatoms. The van der Waals surface area contributed by atoms with Crippen LogP contribution in [0, 0.1) is 5.92 Å². The minimum atomic E-state index is -1.50. The van der Waals surface area contributed by atoms with Crippen LogP contribution in [-0.4, -0.2) is 24.0 Å². The maximum Gasteiger partial charge on any atom is 0.189 e. The van der Waals surface area contributed by atoms with Gasteiger partial charge in [0.05, 0.1) is 31.3 Å². The molecule has 3 atom stereocenters. The quantitative estimate of drug-likeness (QED) is 0.494. The number of rotatable bonds is 10. The summed E-state index contributed by atoms with van der Waals surface area (Å²) in [7, 11) is 1.64. The van der Waals surface area contributed by atoms with Crippen molar-refractivity contribution in [1.29, 1.82) is 0 Å². The number of methoxy groups -OCH3 is 1. The average molecular weight is 439 g/mol. The molecule has 0 aliphatic carbocycles. The van der Waals surface area contributed by atoms with Crippen LogP contribution in [0.5, 0.6) is 5.75 Å². The number of benzene rings is 2. The third-order valence-corrected chi connectivity index (χ3v) is 5.37. The van der Waals surface area contributed by atoms with Crippen molar-refractivity contribution >= 4 is 27.0 Å². The van der Waals surface area contributed by atoms with Crippen molar-refractivity contribution in [1.82, 2.24) is 0 Å². The molecule has 2 rings (SSSR count). The van der Waals surface area contributed by atoms with E-state index in [1.807, 2.05) is 43.3 Å². The van der Waals surface area contributed by atoms with Gasteiger partial charge in [-0.25, -0.2) is 4.21 Å². The summed E-state index contributed by atoms with van der Waals surface area (Å²) in [6.45, 7) is 6.59. The van der Waals surface area contributed by atoms with Crippen LogP contribution in [-0.2, 0) is 26.6 Å². The molecule has 0 bridgehead atoms. The zero-order valence-electron chi connectivity index (χ0n) is 14.9. The first-order valence-corrected chi connectivity index (χ1v) is 10.1. The summed E-state index contributed by atoms with van der Waals surface area (Å²) < 4.78 is 29.7. The second kappa shape index (κ2) is 10.6. The Morgan fingerprint density at radius 1 is 1.15 bits per heavy atom. The number of hydrogen-bond donors (Lipinski definition) is 0. The van der Waals surface area contributed by atoms with Gasteiger partial charge < -0.3 is 9.47 Å². The van der Waals surface area contributed by atoms with Crippen LogP contribution < -0.4 is 4.74 Å². The van der Waals surface area contributed by atoms with Gasteiger partial charge in [-0.1, -0.05) is 41.1 Å². The molecule has 2 unspecified atom stereocenters. The zero-order chi connectivity index (χ0) is 18.9. The van der Waals surface area contributed by atoms with E-state index in [9.17, 15) is 4.21 Å². The number of ether oxygens (including phenoxy) is 2. The Balaban J connectivity index is 1.83. The monoisotopic (exact) mass is 438 g/mol. The fourth-order valence-corrected chi connectivity index (χ4v) is 3.35. The van der Waals surface area contributed by atoms with Gasteiger partial charge in [0.15, 0.2) is 11.1 Å². The minimum Gasteiger partial charge on any atom is -0.497 e. The Hall–Kier alpha value is -1.47. The Kier molecular flexibility index (Phi) is 8.51. The van der Waals surface area contributed by atoms with Crippen molar-refractivity contribution < 1.29 is 17.9 Å². The highest BCUT2D eigenvalue weighted by Gasteiger charge is 2.17. The maximum absolute atomic E-state index is 12.2. The van der Waals surface area contributed by atoms with Crippen LogP contribution in [0.15, 0.2) is 70.6 Å². The third-order valence-electron chi connectivity index (χ3n) is 3.84. The summed E-state index contributed by atoms with van der Waals surface area (Å²) >= 11 is 1.86. The van der Waals surface area contributed by atoms with E-state index in [1.165, 1.54) is 0 Å². The summed E-state index contributed by atoms with van der Waals surface area (Å²) in [5.41, 5.74) is 1.05. The lowest BCUT2D eigenvalue weighted by Crippen LogP contribution is -2.24. The SMILES string of the molecule is C=CC(OCc1ccc(OC)cc1)[C@@H](C)COS(=O)c1ccc(Br)cc1. The van der Waals surface area contributed by atoms with Crippen LogP contribution in [0.3, 0.4) is 0 Å². The van der Waals surface area contributed by atoms with Crippen LogP contribution in [0.25, 0.3) is 0 Å². The molecule has 0 saturated carbocycles.